The van der Waals surface area contributed by atoms with Crippen LogP contribution >= 0.6 is 0 Å². The number of hydrogen-bond acceptors (Lipinski definition) is 8. The lowest BCUT2D eigenvalue weighted by molar-refractivity contribution is -0.301. The minimum atomic E-state index is -1.65. The van der Waals surface area contributed by atoms with E-state index in [1.807, 2.05) is 43.3 Å². The molecular formula is C29H41N3O6. The van der Waals surface area contributed by atoms with E-state index in [4.69, 9.17) is 9.47 Å². The number of benzene rings is 2. The molecule has 208 valence electrons. The third-order valence-corrected chi connectivity index (χ3v) is 7.82. The summed E-state index contributed by atoms with van der Waals surface area (Å²) >= 11 is 0. The summed E-state index contributed by atoms with van der Waals surface area (Å²) in [6.07, 6.45) is -2.91. The number of aliphatic hydroxyl groups is 3. The van der Waals surface area contributed by atoms with Gasteiger partial charge < -0.3 is 35.0 Å². The zero-order chi connectivity index (χ0) is 27.4. The first-order chi connectivity index (χ1) is 18.1. The predicted octanol–water partition coefficient (Wildman–Crippen LogP) is 1.48. The van der Waals surface area contributed by atoms with Gasteiger partial charge >= 0.3 is 0 Å². The van der Waals surface area contributed by atoms with Gasteiger partial charge in [-0.3, -0.25) is 9.69 Å². The first-order valence-electron chi connectivity index (χ1n) is 13.3. The number of piperazine rings is 1. The van der Waals surface area contributed by atoms with Crippen molar-refractivity contribution >= 4 is 5.91 Å². The second-order valence-electron chi connectivity index (χ2n) is 10.8. The minimum absolute atomic E-state index is 0.0967. The highest BCUT2D eigenvalue weighted by Crippen LogP contribution is 2.36. The topological polar surface area (TPSA) is 115 Å². The maximum absolute atomic E-state index is 12.8. The molecule has 5 atom stereocenters. The summed E-state index contributed by atoms with van der Waals surface area (Å²) in [4.78, 5) is 17.5. The second kappa shape index (κ2) is 12.1. The summed E-state index contributed by atoms with van der Waals surface area (Å²) in [6, 6.07) is 13.1. The average Bonchev–Trinajstić information content (AvgIpc) is 2.91. The van der Waals surface area contributed by atoms with Gasteiger partial charge in [0.1, 0.15) is 11.4 Å². The van der Waals surface area contributed by atoms with E-state index in [0.29, 0.717) is 17.9 Å². The molecule has 5 unspecified atom stereocenters. The first kappa shape index (κ1) is 28.5. The zero-order valence-corrected chi connectivity index (χ0v) is 22.8. The molecule has 2 aromatic carbocycles. The summed E-state index contributed by atoms with van der Waals surface area (Å²) in [5, 5.41) is 34.1. The molecule has 2 aliphatic rings. The van der Waals surface area contributed by atoms with Crippen LogP contribution in [-0.2, 0) is 4.74 Å². The molecule has 4 N–H and O–H groups in total. The number of aliphatic hydroxyl groups excluding tert-OH is 2. The lowest BCUT2D eigenvalue weighted by atomic mass is 9.82. The maximum atomic E-state index is 12.8. The van der Waals surface area contributed by atoms with Crippen LogP contribution in [0.3, 0.4) is 0 Å². The number of aryl methyl sites for hydroxylation is 1. The third-order valence-electron chi connectivity index (χ3n) is 7.82. The van der Waals surface area contributed by atoms with E-state index in [-0.39, 0.29) is 12.5 Å². The molecule has 9 heteroatoms. The van der Waals surface area contributed by atoms with E-state index in [1.54, 1.807) is 13.0 Å². The summed E-state index contributed by atoms with van der Waals surface area (Å²) < 4.78 is 11.8. The van der Waals surface area contributed by atoms with Crippen LogP contribution in [0.25, 0.3) is 11.1 Å². The Morgan fingerprint density at radius 3 is 2.55 bits per heavy atom. The summed E-state index contributed by atoms with van der Waals surface area (Å²) in [5.41, 5.74) is 1.57. The molecule has 2 aromatic rings. The number of amides is 1. The molecule has 2 fully saturated rings. The molecule has 0 aliphatic carbocycles. The van der Waals surface area contributed by atoms with Crippen molar-refractivity contribution in [3.63, 3.8) is 0 Å². The van der Waals surface area contributed by atoms with Gasteiger partial charge in [-0.05, 0) is 61.9 Å². The lowest BCUT2D eigenvalue weighted by Crippen LogP contribution is -2.63. The third kappa shape index (κ3) is 6.36. The van der Waals surface area contributed by atoms with Crippen molar-refractivity contribution in [3.8, 4) is 16.9 Å². The number of hydrogen-bond donors (Lipinski definition) is 4. The van der Waals surface area contributed by atoms with E-state index < -0.39 is 30.0 Å². The highest BCUT2D eigenvalue weighted by atomic mass is 16.7. The number of rotatable bonds is 8. The Kier molecular flexibility index (Phi) is 9.07. The minimum Gasteiger partial charge on any atom is -0.461 e. The summed E-state index contributed by atoms with van der Waals surface area (Å²) in [5.74, 6) is -0.0505. The Hall–Kier alpha value is -2.53. The van der Waals surface area contributed by atoms with Gasteiger partial charge in [0.25, 0.3) is 5.91 Å². The van der Waals surface area contributed by atoms with Crippen LogP contribution in [0.4, 0.5) is 0 Å². The van der Waals surface area contributed by atoms with E-state index in [2.05, 4.69) is 22.2 Å². The quantitative estimate of drug-likeness (QED) is 0.408. The molecular weight excluding hydrogens is 486 g/mol. The lowest BCUT2D eigenvalue weighted by Gasteiger charge is -2.46. The number of ether oxygens (including phenoxy) is 2. The van der Waals surface area contributed by atoms with Gasteiger partial charge in [-0.1, -0.05) is 25.1 Å². The summed E-state index contributed by atoms with van der Waals surface area (Å²) in [6.45, 7) is 10.4. The van der Waals surface area contributed by atoms with Gasteiger partial charge in [-0.2, -0.15) is 0 Å². The van der Waals surface area contributed by atoms with Crippen LogP contribution in [0.5, 0.6) is 5.75 Å². The summed E-state index contributed by atoms with van der Waals surface area (Å²) in [7, 11) is 2.13. The highest BCUT2D eigenvalue weighted by molar-refractivity contribution is 5.95. The molecule has 0 radical (unpaired) electrons. The Labute approximate surface area is 225 Å². The largest absolute Gasteiger partial charge is 0.461 e. The number of nitrogens with one attached hydrogen (secondary N) is 1. The number of nitrogens with zero attached hydrogens (tertiary/aromatic N) is 2. The fourth-order valence-corrected chi connectivity index (χ4v) is 5.07. The number of likely N-dealkylation sites (N-methyl/N-ethyl adjacent to an activating group) is 1. The fourth-order valence-electron chi connectivity index (χ4n) is 5.07. The van der Waals surface area contributed by atoms with Gasteiger partial charge in [0, 0.05) is 50.7 Å². The van der Waals surface area contributed by atoms with Crippen LogP contribution in [0.2, 0.25) is 0 Å². The SMILES string of the molecule is Cc1cc(-c2cccc(C(=O)NCCN3CCN(C)CC3)c2)ccc1OC1OC(CO)C(C)C(O)C1(C)O. The predicted molar refractivity (Wildman–Crippen MR) is 145 cm³/mol. The van der Waals surface area contributed by atoms with Gasteiger partial charge in [-0.15, -0.1) is 0 Å². The molecule has 9 nitrogen and oxygen atoms in total. The van der Waals surface area contributed by atoms with Crippen molar-refractivity contribution in [1.82, 2.24) is 15.1 Å². The van der Waals surface area contributed by atoms with Crippen LogP contribution < -0.4 is 10.1 Å². The van der Waals surface area contributed by atoms with E-state index in [0.717, 1.165) is 49.4 Å². The molecule has 38 heavy (non-hydrogen) atoms. The van der Waals surface area contributed by atoms with Gasteiger partial charge in [0.15, 0.2) is 0 Å². The molecule has 0 bridgehead atoms. The Morgan fingerprint density at radius 1 is 1.16 bits per heavy atom. The monoisotopic (exact) mass is 527 g/mol. The molecule has 0 spiro atoms. The average molecular weight is 528 g/mol. The van der Waals surface area contributed by atoms with E-state index >= 15 is 0 Å². The van der Waals surface area contributed by atoms with Crippen LogP contribution in [-0.4, -0.2) is 108 Å². The fraction of sp³-hybridized carbons (Fsp3) is 0.552. The van der Waals surface area contributed by atoms with Crippen molar-refractivity contribution in [2.24, 2.45) is 5.92 Å². The Bertz CT molecular complexity index is 1100. The standard InChI is InChI=1S/C29H41N3O6/c1-19-16-22(8-9-24(19)37-28-29(3,36)26(34)20(2)25(18-33)38-28)21-6-5-7-23(17-21)27(35)30-10-11-32-14-12-31(4)13-15-32/h5-9,16-17,20,25-26,28,33-34,36H,10-15,18H2,1-4H3,(H,30,35). The van der Waals surface area contributed by atoms with Crippen LogP contribution in [0, 0.1) is 12.8 Å². The van der Waals surface area contributed by atoms with Gasteiger partial charge in [-0.25, -0.2) is 0 Å². The van der Waals surface area contributed by atoms with E-state index in [9.17, 15) is 20.1 Å². The smallest absolute Gasteiger partial charge is 0.251 e. The molecule has 2 saturated heterocycles. The molecule has 1 amide bonds. The van der Waals surface area contributed by atoms with Crippen molar-refractivity contribution in [2.45, 2.75) is 44.9 Å². The second-order valence-corrected chi connectivity index (χ2v) is 10.8. The molecule has 0 aromatic heterocycles. The number of carbonyl (C=O) groups excluding carboxylic acids is 1. The van der Waals surface area contributed by atoms with Crippen molar-refractivity contribution in [3.05, 3.63) is 53.6 Å². The first-order valence-corrected chi connectivity index (χ1v) is 13.3. The molecule has 2 aliphatic heterocycles. The number of carbonyl (C=O) groups is 1. The maximum Gasteiger partial charge on any atom is 0.251 e. The zero-order valence-electron chi connectivity index (χ0n) is 22.8. The highest BCUT2D eigenvalue weighted by Gasteiger charge is 2.52. The van der Waals surface area contributed by atoms with E-state index in [1.165, 1.54) is 6.92 Å². The van der Waals surface area contributed by atoms with Gasteiger partial charge in [0.05, 0.1) is 18.8 Å². The molecule has 4 rings (SSSR count). The van der Waals surface area contributed by atoms with Gasteiger partial charge in [0.2, 0.25) is 6.29 Å². The van der Waals surface area contributed by atoms with Crippen molar-refractivity contribution in [1.29, 1.82) is 0 Å². The van der Waals surface area contributed by atoms with Crippen molar-refractivity contribution in [2.75, 3.05) is 52.9 Å². The Balaban J connectivity index is 1.40. The molecule has 0 saturated carbocycles. The van der Waals surface area contributed by atoms with Crippen LogP contribution in [0.15, 0.2) is 42.5 Å². The van der Waals surface area contributed by atoms with Crippen molar-refractivity contribution < 1.29 is 29.6 Å². The molecule has 2 heterocycles. The normalized spacial score (nSPS) is 28.7. The Morgan fingerprint density at radius 2 is 1.87 bits per heavy atom. The van der Waals surface area contributed by atoms with Crippen LogP contribution in [0.1, 0.15) is 29.8 Å².